The molecule has 2 heterocycles. The number of carbonyl (C=O) groups is 1. The summed E-state index contributed by atoms with van der Waals surface area (Å²) in [6.07, 6.45) is 0. The highest BCUT2D eigenvalue weighted by Crippen LogP contribution is 2.32. The standard InChI is InChI=1S/C19H21N3O4S/c1-11-8-14(12(2)22(11)3)15(23)10-27-19-21-20-18(26-19)13-6-7-16(24-4)17(9-13)25-5/h6-9H,10H2,1-5H3. The van der Waals surface area contributed by atoms with Crippen LogP contribution in [-0.2, 0) is 7.05 Å². The molecule has 0 aliphatic heterocycles. The van der Waals surface area contributed by atoms with E-state index in [1.165, 1.54) is 11.8 Å². The number of benzene rings is 1. The third-order valence-corrected chi connectivity index (χ3v) is 5.26. The smallest absolute Gasteiger partial charge is 0.277 e. The first-order valence-corrected chi connectivity index (χ1v) is 9.28. The Balaban J connectivity index is 1.71. The molecule has 3 aromatic rings. The lowest BCUT2D eigenvalue weighted by molar-refractivity contribution is 0.102. The summed E-state index contributed by atoms with van der Waals surface area (Å²) in [6, 6.07) is 7.25. The van der Waals surface area contributed by atoms with Crippen molar-refractivity contribution >= 4 is 17.5 Å². The first kappa shape index (κ1) is 19.0. The van der Waals surface area contributed by atoms with E-state index in [9.17, 15) is 4.79 Å². The average Bonchev–Trinajstić information content (AvgIpc) is 3.26. The molecule has 27 heavy (non-hydrogen) atoms. The minimum atomic E-state index is 0.0343. The monoisotopic (exact) mass is 387 g/mol. The SMILES string of the molecule is COc1ccc(-c2nnc(SCC(=O)c3cc(C)n(C)c3C)o2)cc1OC. The number of carbonyl (C=O) groups excluding carboxylic acids is 1. The maximum Gasteiger partial charge on any atom is 0.277 e. The van der Waals surface area contributed by atoms with Gasteiger partial charge in [-0.05, 0) is 38.1 Å². The summed E-state index contributed by atoms with van der Waals surface area (Å²) in [6.45, 7) is 3.91. The van der Waals surface area contributed by atoms with E-state index in [1.807, 2.05) is 37.6 Å². The molecule has 0 fully saturated rings. The number of ketones is 1. The summed E-state index contributed by atoms with van der Waals surface area (Å²) in [5, 5.41) is 8.42. The van der Waals surface area contributed by atoms with Gasteiger partial charge in [-0.3, -0.25) is 4.79 Å². The zero-order valence-electron chi connectivity index (χ0n) is 15.9. The molecule has 1 aromatic carbocycles. The predicted molar refractivity (Wildman–Crippen MR) is 103 cm³/mol. The minimum absolute atomic E-state index is 0.0343. The zero-order valence-corrected chi connectivity index (χ0v) is 16.7. The Morgan fingerprint density at radius 1 is 1.15 bits per heavy atom. The topological polar surface area (TPSA) is 79.4 Å². The van der Waals surface area contributed by atoms with Crippen molar-refractivity contribution in [1.82, 2.24) is 14.8 Å². The van der Waals surface area contributed by atoms with Crippen LogP contribution in [0, 0.1) is 13.8 Å². The molecule has 0 amide bonds. The summed E-state index contributed by atoms with van der Waals surface area (Å²) in [5.41, 5.74) is 3.44. The van der Waals surface area contributed by atoms with E-state index in [0.717, 1.165) is 17.0 Å². The Morgan fingerprint density at radius 3 is 2.52 bits per heavy atom. The van der Waals surface area contributed by atoms with Gasteiger partial charge in [-0.25, -0.2) is 0 Å². The molecule has 0 radical (unpaired) electrons. The second kappa shape index (κ2) is 7.87. The van der Waals surface area contributed by atoms with Crippen LogP contribution in [-0.4, -0.2) is 40.5 Å². The summed E-state index contributed by atoms with van der Waals surface area (Å²) in [5.74, 6) is 1.82. The molecule has 0 aliphatic rings. The first-order valence-electron chi connectivity index (χ1n) is 8.29. The zero-order chi connectivity index (χ0) is 19.6. The van der Waals surface area contributed by atoms with E-state index in [1.54, 1.807) is 26.4 Å². The molecule has 0 saturated carbocycles. The number of nitrogens with zero attached hydrogens (tertiary/aromatic N) is 3. The van der Waals surface area contributed by atoms with Gasteiger partial charge in [-0.2, -0.15) is 0 Å². The number of rotatable bonds is 7. The van der Waals surface area contributed by atoms with Gasteiger partial charge >= 0.3 is 0 Å². The summed E-state index contributed by atoms with van der Waals surface area (Å²) < 4.78 is 18.2. The van der Waals surface area contributed by atoms with Crippen LogP contribution in [0.4, 0.5) is 0 Å². The van der Waals surface area contributed by atoms with Crippen molar-refractivity contribution in [2.75, 3.05) is 20.0 Å². The van der Waals surface area contributed by atoms with Crippen molar-refractivity contribution in [2.45, 2.75) is 19.1 Å². The van der Waals surface area contributed by atoms with E-state index < -0.39 is 0 Å². The summed E-state index contributed by atoms with van der Waals surface area (Å²) in [7, 11) is 5.09. The van der Waals surface area contributed by atoms with Crippen molar-refractivity contribution in [3.05, 3.63) is 41.2 Å². The molecule has 0 unspecified atom stereocenters. The number of aromatic nitrogens is 3. The van der Waals surface area contributed by atoms with Gasteiger partial charge in [-0.15, -0.1) is 10.2 Å². The number of aryl methyl sites for hydroxylation is 1. The largest absolute Gasteiger partial charge is 0.493 e. The lowest BCUT2D eigenvalue weighted by Gasteiger charge is -2.07. The van der Waals surface area contributed by atoms with Gasteiger partial charge in [0.05, 0.1) is 20.0 Å². The molecule has 0 atom stereocenters. The first-order chi connectivity index (χ1) is 12.9. The fourth-order valence-electron chi connectivity index (χ4n) is 2.70. The maximum atomic E-state index is 12.5. The van der Waals surface area contributed by atoms with Crippen LogP contribution in [0.2, 0.25) is 0 Å². The lowest BCUT2D eigenvalue weighted by atomic mass is 10.2. The normalized spacial score (nSPS) is 10.9. The molecule has 0 saturated heterocycles. The van der Waals surface area contributed by atoms with E-state index in [2.05, 4.69) is 10.2 Å². The van der Waals surface area contributed by atoms with Gasteiger partial charge < -0.3 is 18.5 Å². The van der Waals surface area contributed by atoms with Crippen molar-refractivity contribution in [3.63, 3.8) is 0 Å². The maximum absolute atomic E-state index is 12.5. The van der Waals surface area contributed by atoms with Crippen LogP contribution in [0.15, 0.2) is 33.9 Å². The second-order valence-electron chi connectivity index (χ2n) is 6.00. The van der Waals surface area contributed by atoms with Gasteiger partial charge in [0, 0.05) is 29.6 Å². The Kier molecular flexibility index (Phi) is 5.55. The molecule has 3 rings (SSSR count). The van der Waals surface area contributed by atoms with Crippen LogP contribution >= 0.6 is 11.8 Å². The van der Waals surface area contributed by atoms with E-state index in [4.69, 9.17) is 13.9 Å². The van der Waals surface area contributed by atoms with Gasteiger partial charge in [0.2, 0.25) is 5.89 Å². The third kappa shape index (κ3) is 3.85. The Morgan fingerprint density at radius 2 is 1.89 bits per heavy atom. The summed E-state index contributed by atoms with van der Waals surface area (Å²) >= 11 is 1.23. The quantitative estimate of drug-likeness (QED) is 0.452. The van der Waals surface area contributed by atoms with Crippen LogP contribution in [0.5, 0.6) is 11.5 Å². The third-order valence-electron chi connectivity index (χ3n) is 4.44. The average molecular weight is 387 g/mol. The molecular weight excluding hydrogens is 366 g/mol. The minimum Gasteiger partial charge on any atom is -0.493 e. The van der Waals surface area contributed by atoms with Crippen molar-refractivity contribution < 1.29 is 18.7 Å². The molecule has 0 N–H and O–H groups in total. The van der Waals surface area contributed by atoms with Gasteiger partial charge in [0.15, 0.2) is 17.3 Å². The Bertz CT molecular complexity index is 977. The van der Waals surface area contributed by atoms with Crippen LogP contribution in [0.3, 0.4) is 0 Å². The number of Topliss-reactive ketones (excluding diaryl/α,β-unsaturated/α-hetero) is 1. The summed E-state index contributed by atoms with van der Waals surface area (Å²) in [4.78, 5) is 12.5. The van der Waals surface area contributed by atoms with E-state index >= 15 is 0 Å². The highest BCUT2D eigenvalue weighted by Gasteiger charge is 2.17. The predicted octanol–water partition coefficient (Wildman–Crippen LogP) is 3.68. The Hall–Kier alpha value is -2.74. The highest BCUT2D eigenvalue weighted by molar-refractivity contribution is 7.99. The fraction of sp³-hybridized carbons (Fsp3) is 0.316. The Labute approximate surface area is 161 Å². The van der Waals surface area contributed by atoms with Gasteiger partial charge in [-0.1, -0.05) is 11.8 Å². The number of thioether (sulfide) groups is 1. The van der Waals surface area contributed by atoms with Crippen LogP contribution in [0.25, 0.3) is 11.5 Å². The lowest BCUT2D eigenvalue weighted by Crippen LogP contribution is -2.04. The van der Waals surface area contributed by atoms with Crippen molar-refractivity contribution in [2.24, 2.45) is 7.05 Å². The highest BCUT2D eigenvalue weighted by atomic mass is 32.2. The number of hydrogen-bond donors (Lipinski definition) is 0. The number of ether oxygens (including phenoxy) is 2. The van der Waals surface area contributed by atoms with Crippen molar-refractivity contribution in [1.29, 1.82) is 0 Å². The van der Waals surface area contributed by atoms with E-state index in [-0.39, 0.29) is 11.5 Å². The van der Waals surface area contributed by atoms with Gasteiger partial charge in [0.25, 0.3) is 5.22 Å². The van der Waals surface area contributed by atoms with E-state index in [0.29, 0.717) is 28.2 Å². The molecular formula is C19H21N3O4S. The molecule has 0 aliphatic carbocycles. The fourth-order valence-corrected chi connectivity index (χ4v) is 3.34. The van der Waals surface area contributed by atoms with Crippen LogP contribution < -0.4 is 9.47 Å². The molecule has 8 heteroatoms. The number of hydrogen-bond acceptors (Lipinski definition) is 7. The molecule has 7 nitrogen and oxygen atoms in total. The van der Waals surface area contributed by atoms with Crippen molar-refractivity contribution in [3.8, 4) is 23.0 Å². The second-order valence-corrected chi connectivity index (χ2v) is 6.93. The molecule has 0 bridgehead atoms. The molecule has 142 valence electrons. The van der Waals surface area contributed by atoms with Gasteiger partial charge in [0.1, 0.15) is 0 Å². The molecule has 2 aromatic heterocycles. The molecule has 0 spiro atoms. The van der Waals surface area contributed by atoms with Crippen LogP contribution in [0.1, 0.15) is 21.7 Å². The number of methoxy groups -OCH3 is 2.